The van der Waals surface area contributed by atoms with Gasteiger partial charge < -0.3 is 10.5 Å². The molecule has 1 fully saturated rings. The quantitative estimate of drug-likeness (QED) is 0.835. The fraction of sp³-hybridized carbons (Fsp3) is 0.538. The largest absolute Gasteiger partial charge is 0.398 e. The van der Waals surface area contributed by atoms with E-state index in [4.69, 9.17) is 10.5 Å². The normalized spacial score (nSPS) is 24.8. The van der Waals surface area contributed by atoms with Crippen LogP contribution in [-0.4, -0.2) is 39.0 Å². The standard InChI is InChI=1S/C13H19BrN2O3S/c1-9-5-6-16(8-13(9)19-2)20(17,18)10-3-4-11(14)12(15)7-10/h3-4,7,9,13H,5-6,8,15H2,1-2H3. The minimum absolute atomic E-state index is 0.0636. The van der Waals surface area contributed by atoms with E-state index < -0.39 is 10.0 Å². The van der Waals surface area contributed by atoms with Crippen LogP contribution in [0.3, 0.4) is 0 Å². The van der Waals surface area contributed by atoms with Crippen molar-refractivity contribution < 1.29 is 13.2 Å². The van der Waals surface area contributed by atoms with Crippen molar-refractivity contribution in [1.29, 1.82) is 0 Å². The number of benzene rings is 1. The first-order chi connectivity index (χ1) is 9.36. The number of rotatable bonds is 3. The van der Waals surface area contributed by atoms with Gasteiger partial charge in [-0.25, -0.2) is 8.42 Å². The first-order valence-corrected chi connectivity index (χ1v) is 8.67. The Balaban J connectivity index is 2.28. The van der Waals surface area contributed by atoms with Crippen LogP contribution in [0, 0.1) is 5.92 Å². The minimum Gasteiger partial charge on any atom is -0.398 e. The predicted octanol–water partition coefficient (Wildman–Crippen LogP) is 2.08. The van der Waals surface area contributed by atoms with Crippen LogP contribution < -0.4 is 5.73 Å². The van der Waals surface area contributed by atoms with Crippen LogP contribution in [-0.2, 0) is 14.8 Å². The van der Waals surface area contributed by atoms with E-state index in [1.807, 2.05) is 0 Å². The lowest BCUT2D eigenvalue weighted by molar-refractivity contribution is 0.0184. The maximum atomic E-state index is 12.6. The number of nitrogens with two attached hydrogens (primary N) is 1. The van der Waals surface area contributed by atoms with E-state index >= 15 is 0 Å². The molecule has 2 atom stereocenters. The summed E-state index contributed by atoms with van der Waals surface area (Å²) in [6.07, 6.45) is 0.732. The summed E-state index contributed by atoms with van der Waals surface area (Å²) in [5.74, 6) is 0.362. The Kier molecular flexibility index (Phi) is 4.73. The van der Waals surface area contributed by atoms with Crippen molar-refractivity contribution in [1.82, 2.24) is 4.31 Å². The van der Waals surface area contributed by atoms with Crippen molar-refractivity contribution in [3.63, 3.8) is 0 Å². The maximum Gasteiger partial charge on any atom is 0.243 e. The molecule has 0 saturated carbocycles. The number of hydrogen-bond donors (Lipinski definition) is 1. The minimum atomic E-state index is -3.52. The molecule has 1 aromatic rings. The molecule has 0 radical (unpaired) electrons. The molecular formula is C13H19BrN2O3S. The summed E-state index contributed by atoms with van der Waals surface area (Å²) < 4.78 is 32.8. The molecular weight excluding hydrogens is 344 g/mol. The van der Waals surface area contributed by atoms with Crippen LogP contribution in [0.2, 0.25) is 0 Å². The van der Waals surface area contributed by atoms with E-state index in [2.05, 4.69) is 22.9 Å². The molecule has 2 N–H and O–H groups in total. The molecule has 1 heterocycles. The number of halogens is 1. The van der Waals surface area contributed by atoms with Crippen LogP contribution in [0.1, 0.15) is 13.3 Å². The van der Waals surface area contributed by atoms with Gasteiger partial charge in [0, 0.05) is 30.4 Å². The summed E-state index contributed by atoms with van der Waals surface area (Å²) in [5, 5.41) is 0. The van der Waals surface area contributed by atoms with E-state index in [0.29, 0.717) is 29.2 Å². The summed E-state index contributed by atoms with van der Waals surface area (Å²) in [6, 6.07) is 4.71. The Morgan fingerprint density at radius 1 is 1.45 bits per heavy atom. The molecule has 0 spiro atoms. The second-order valence-corrected chi connectivity index (χ2v) is 7.88. The van der Waals surface area contributed by atoms with Crippen LogP contribution in [0.25, 0.3) is 0 Å². The highest BCUT2D eigenvalue weighted by molar-refractivity contribution is 9.10. The Bertz CT molecular complexity index is 591. The molecule has 1 saturated heterocycles. The van der Waals surface area contributed by atoms with Crippen molar-refractivity contribution in [2.24, 2.45) is 5.92 Å². The maximum absolute atomic E-state index is 12.6. The van der Waals surface area contributed by atoms with Crippen molar-refractivity contribution in [3.8, 4) is 0 Å². The van der Waals surface area contributed by atoms with Gasteiger partial charge in [0.25, 0.3) is 0 Å². The number of nitrogens with zero attached hydrogens (tertiary/aromatic N) is 1. The molecule has 0 bridgehead atoms. The van der Waals surface area contributed by atoms with Crippen LogP contribution in [0.4, 0.5) is 5.69 Å². The fourth-order valence-electron chi connectivity index (χ4n) is 2.36. The highest BCUT2D eigenvalue weighted by atomic mass is 79.9. The Labute approximate surface area is 128 Å². The average Bonchev–Trinajstić information content (AvgIpc) is 2.42. The van der Waals surface area contributed by atoms with Crippen molar-refractivity contribution in [2.45, 2.75) is 24.3 Å². The Hall–Kier alpha value is -0.630. The summed E-state index contributed by atoms with van der Waals surface area (Å²) >= 11 is 3.27. The number of anilines is 1. The third-order valence-corrected chi connectivity index (χ3v) is 6.34. The molecule has 7 heteroatoms. The van der Waals surface area contributed by atoms with Crippen molar-refractivity contribution >= 4 is 31.6 Å². The van der Waals surface area contributed by atoms with Gasteiger partial charge in [-0.1, -0.05) is 6.92 Å². The third kappa shape index (κ3) is 3.00. The number of piperidine rings is 1. The summed E-state index contributed by atoms with van der Waals surface area (Å²) in [7, 11) is -1.90. The third-order valence-electron chi connectivity index (χ3n) is 3.76. The predicted molar refractivity (Wildman–Crippen MR) is 81.9 cm³/mol. The Morgan fingerprint density at radius 3 is 2.75 bits per heavy atom. The zero-order valence-electron chi connectivity index (χ0n) is 11.5. The summed E-state index contributed by atoms with van der Waals surface area (Å²) in [4.78, 5) is 0.225. The zero-order chi connectivity index (χ0) is 14.9. The Morgan fingerprint density at radius 2 is 2.15 bits per heavy atom. The van der Waals surface area contributed by atoms with Gasteiger partial charge in [0.05, 0.1) is 11.0 Å². The molecule has 2 unspecified atom stereocenters. The van der Waals surface area contributed by atoms with E-state index in [9.17, 15) is 8.42 Å². The first-order valence-electron chi connectivity index (χ1n) is 6.44. The highest BCUT2D eigenvalue weighted by Gasteiger charge is 2.33. The van der Waals surface area contributed by atoms with E-state index in [1.54, 1.807) is 19.2 Å². The van der Waals surface area contributed by atoms with Crippen LogP contribution in [0.15, 0.2) is 27.6 Å². The lowest BCUT2D eigenvalue weighted by atomic mass is 9.97. The van der Waals surface area contributed by atoms with Gasteiger partial charge >= 0.3 is 0 Å². The second kappa shape index (κ2) is 6.01. The molecule has 0 aromatic heterocycles. The molecule has 0 amide bonds. The molecule has 5 nitrogen and oxygen atoms in total. The van der Waals surface area contributed by atoms with E-state index in [-0.39, 0.29) is 11.0 Å². The molecule has 2 rings (SSSR count). The molecule has 1 aliphatic rings. The van der Waals surface area contributed by atoms with E-state index in [1.165, 1.54) is 10.4 Å². The van der Waals surface area contributed by atoms with E-state index in [0.717, 1.165) is 6.42 Å². The molecule has 20 heavy (non-hydrogen) atoms. The summed E-state index contributed by atoms with van der Waals surface area (Å²) in [6.45, 7) is 2.98. The van der Waals surface area contributed by atoms with Crippen molar-refractivity contribution in [2.75, 3.05) is 25.9 Å². The smallest absolute Gasteiger partial charge is 0.243 e. The molecule has 1 aromatic carbocycles. The number of nitrogen functional groups attached to an aromatic ring is 1. The van der Waals surface area contributed by atoms with Gasteiger partial charge in [0.1, 0.15) is 0 Å². The molecule has 0 aliphatic carbocycles. The molecule has 112 valence electrons. The van der Waals surface area contributed by atoms with Crippen LogP contribution in [0.5, 0.6) is 0 Å². The van der Waals surface area contributed by atoms with Crippen LogP contribution >= 0.6 is 15.9 Å². The molecule has 1 aliphatic heterocycles. The van der Waals surface area contributed by atoms with Crippen molar-refractivity contribution in [3.05, 3.63) is 22.7 Å². The SMILES string of the molecule is COC1CN(S(=O)(=O)c2ccc(Br)c(N)c2)CCC1C. The summed E-state index contributed by atoms with van der Waals surface area (Å²) in [5.41, 5.74) is 6.18. The van der Waals surface area contributed by atoms with Gasteiger partial charge in [-0.3, -0.25) is 0 Å². The topological polar surface area (TPSA) is 72.6 Å². The van der Waals surface area contributed by atoms with Gasteiger partial charge in [-0.05, 0) is 46.5 Å². The first kappa shape index (κ1) is 15.8. The fourth-order valence-corrected chi connectivity index (χ4v) is 4.11. The monoisotopic (exact) mass is 362 g/mol. The van der Waals surface area contributed by atoms with Gasteiger partial charge in [-0.2, -0.15) is 4.31 Å². The average molecular weight is 363 g/mol. The highest BCUT2D eigenvalue weighted by Crippen LogP contribution is 2.28. The second-order valence-electron chi connectivity index (χ2n) is 5.09. The van der Waals surface area contributed by atoms with Gasteiger partial charge in [0.15, 0.2) is 0 Å². The lowest BCUT2D eigenvalue weighted by Crippen LogP contribution is -2.46. The number of sulfonamides is 1. The number of ether oxygens (including phenoxy) is 1. The van der Waals surface area contributed by atoms with Gasteiger partial charge in [0.2, 0.25) is 10.0 Å². The van der Waals surface area contributed by atoms with Gasteiger partial charge in [-0.15, -0.1) is 0 Å². The number of hydrogen-bond acceptors (Lipinski definition) is 4. The zero-order valence-corrected chi connectivity index (χ0v) is 13.9. The lowest BCUT2D eigenvalue weighted by Gasteiger charge is -2.35. The number of methoxy groups -OCH3 is 1.